The third-order valence-electron chi connectivity index (χ3n) is 6.33. The number of aromatic nitrogens is 2. The maximum atomic E-state index is 13.6. The molecule has 2 N–H and O–H groups in total. The van der Waals surface area contributed by atoms with Gasteiger partial charge in [-0.3, -0.25) is 4.79 Å². The van der Waals surface area contributed by atoms with E-state index in [1.165, 1.54) is 37.4 Å². The van der Waals surface area contributed by atoms with Gasteiger partial charge in [0.25, 0.3) is 5.91 Å². The maximum Gasteiger partial charge on any atom is 0.435 e. The largest absolute Gasteiger partial charge is 0.497 e. The van der Waals surface area contributed by atoms with Crippen LogP contribution < -0.4 is 10.1 Å². The van der Waals surface area contributed by atoms with Crippen molar-refractivity contribution in [2.24, 2.45) is 0 Å². The number of carboxylic acid groups (broad SMARTS) is 1. The fourth-order valence-electron chi connectivity index (χ4n) is 4.06. The number of benzene rings is 3. The first-order chi connectivity index (χ1) is 19.5. The number of alkyl halides is 3. The lowest BCUT2D eigenvalue weighted by Crippen LogP contribution is -2.28. The van der Waals surface area contributed by atoms with Crippen LogP contribution in [0.25, 0.3) is 16.8 Å². The molecule has 0 aliphatic heterocycles. The summed E-state index contributed by atoms with van der Waals surface area (Å²) >= 11 is 0. The number of nitrogens with one attached hydrogen (secondary N) is 1. The summed E-state index contributed by atoms with van der Waals surface area (Å²) in [6, 6.07) is 16.7. The Hall–Kier alpha value is -4.65. The molecule has 1 amide bonds. The van der Waals surface area contributed by atoms with Gasteiger partial charge in [-0.15, -0.1) is 0 Å². The summed E-state index contributed by atoms with van der Waals surface area (Å²) in [5.41, 5.74) is -1.52. The van der Waals surface area contributed by atoms with E-state index in [4.69, 9.17) is 4.74 Å². The highest BCUT2D eigenvalue weighted by atomic mass is 32.2. The van der Waals surface area contributed by atoms with Crippen molar-refractivity contribution in [2.75, 3.05) is 12.4 Å². The summed E-state index contributed by atoms with van der Waals surface area (Å²) in [5, 5.41) is 15.6. The summed E-state index contributed by atoms with van der Waals surface area (Å²) in [4.78, 5) is 25.2. The zero-order valence-corrected chi connectivity index (χ0v) is 23.7. The van der Waals surface area contributed by atoms with Crippen molar-refractivity contribution in [3.05, 3.63) is 89.7 Å². The number of carbonyl (C=O) groups excluding carboxylic acids is 1. The quantitative estimate of drug-likeness (QED) is 0.262. The van der Waals surface area contributed by atoms with Gasteiger partial charge in [0.05, 0.1) is 28.0 Å². The lowest BCUT2D eigenvalue weighted by molar-refractivity contribution is -0.141. The van der Waals surface area contributed by atoms with Gasteiger partial charge in [-0.25, -0.2) is 17.9 Å². The Bertz CT molecular complexity index is 1770. The van der Waals surface area contributed by atoms with Crippen LogP contribution in [0.2, 0.25) is 0 Å². The number of methoxy groups -OCH3 is 1. The molecule has 0 radical (unpaired) electrons. The van der Waals surface area contributed by atoms with E-state index in [1.54, 1.807) is 51.1 Å². The van der Waals surface area contributed by atoms with E-state index < -0.39 is 49.6 Å². The highest BCUT2D eigenvalue weighted by Gasteiger charge is 2.37. The Labute approximate surface area is 239 Å². The number of aromatic carboxylic acids is 1. The van der Waals surface area contributed by atoms with Gasteiger partial charge >= 0.3 is 12.1 Å². The van der Waals surface area contributed by atoms with E-state index in [1.807, 2.05) is 0 Å². The molecule has 1 heterocycles. The maximum absolute atomic E-state index is 13.6. The molecule has 0 aliphatic carbocycles. The molecule has 0 bridgehead atoms. The van der Waals surface area contributed by atoms with Crippen LogP contribution in [-0.2, 0) is 16.0 Å². The molecule has 0 atom stereocenters. The predicted molar refractivity (Wildman–Crippen MR) is 149 cm³/mol. The summed E-state index contributed by atoms with van der Waals surface area (Å²) in [5.74, 6) is -2.32. The van der Waals surface area contributed by atoms with Crippen molar-refractivity contribution in [2.45, 2.75) is 36.6 Å². The Morgan fingerprint density at radius 2 is 1.60 bits per heavy atom. The molecule has 9 nitrogen and oxygen atoms in total. The summed E-state index contributed by atoms with van der Waals surface area (Å²) in [6.45, 7) is 4.79. The van der Waals surface area contributed by atoms with E-state index in [-0.39, 0.29) is 22.0 Å². The van der Waals surface area contributed by atoms with Crippen molar-refractivity contribution < 1.29 is 41.0 Å². The zero-order chi connectivity index (χ0) is 31.0. The second-order valence-corrected chi connectivity index (χ2v) is 12.8. The standard InChI is InChI=1S/C29H26F3N3O6S/c1-28(2,3)42(39,40)24-8-6-5-7-20(24)17-9-11-18(12-10-17)33-26(36)23-16-25(29(30,31)32)34-35(23)22-14-13-19(41-4)15-21(22)27(37)38/h5-16H,1-4H3,(H,33,36)(H,37,38). The fourth-order valence-corrected chi connectivity index (χ4v) is 5.45. The lowest BCUT2D eigenvalue weighted by atomic mass is 10.1. The molecular formula is C29H26F3N3O6S. The smallest absolute Gasteiger partial charge is 0.435 e. The number of hydrogen-bond donors (Lipinski definition) is 2. The normalized spacial score (nSPS) is 12.2. The molecule has 0 saturated carbocycles. The zero-order valence-electron chi connectivity index (χ0n) is 22.9. The third kappa shape index (κ3) is 5.86. The van der Waals surface area contributed by atoms with Gasteiger partial charge in [0.1, 0.15) is 11.4 Å². The Balaban J connectivity index is 1.71. The highest BCUT2D eigenvalue weighted by molar-refractivity contribution is 7.92. The number of hydrogen-bond acceptors (Lipinski definition) is 6. The topological polar surface area (TPSA) is 128 Å². The first kappa shape index (κ1) is 30.3. The van der Waals surface area contributed by atoms with E-state index >= 15 is 0 Å². The van der Waals surface area contributed by atoms with Crippen LogP contribution >= 0.6 is 0 Å². The molecule has 220 valence electrons. The minimum absolute atomic E-state index is 0.131. The van der Waals surface area contributed by atoms with Gasteiger partial charge in [0.2, 0.25) is 0 Å². The number of carboxylic acids is 1. The number of ether oxygens (including phenoxy) is 1. The van der Waals surface area contributed by atoms with Gasteiger partial charge < -0.3 is 15.2 Å². The molecule has 4 aromatic rings. The fraction of sp³-hybridized carbons (Fsp3) is 0.207. The van der Waals surface area contributed by atoms with Crippen molar-refractivity contribution in [1.29, 1.82) is 0 Å². The Morgan fingerprint density at radius 3 is 2.17 bits per heavy atom. The van der Waals surface area contributed by atoms with E-state index in [0.29, 0.717) is 21.9 Å². The van der Waals surface area contributed by atoms with Gasteiger partial charge in [-0.1, -0.05) is 30.3 Å². The van der Waals surface area contributed by atoms with Crippen molar-refractivity contribution in [3.63, 3.8) is 0 Å². The number of nitrogens with zero attached hydrogens (tertiary/aromatic N) is 2. The van der Waals surface area contributed by atoms with Crippen molar-refractivity contribution in [1.82, 2.24) is 9.78 Å². The van der Waals surface area contributed by atoms with E-state index in [2.05, 4.69) is 10.4 Å². The Morgan fingerprint density at radius 1 is 0.952 bits per heavy atom. The Kier molecular flexibility index (Phi) is 7.92. The van der Waals surface area contributed by atoms with Crippen LogP contribution in [0.5, 0.6) is 5.75 Å². The minimum atomic E-state index is -4.92. The molecule has 42 heavy (non-hydrogen) atoms. The third-order valence-corrected chi connectivity index (χ3v) is 8.88. The van der Waals surface area contributed by atoms with Crippen LogP contribution in [0, 0.1) is 0 Å². The van der Waals surface area contributed by atoms with Gasteiger partial charge in [0, 0.05) is 17.3 Å². The monoisotopic (exact) mass is 601 g/mol. The lowest BCUT2D eigenvalue weighted by Gasteiger charge is -2.21. The first-order valence-electron chi connectivity index (χ1n) is 12.4. The highest BCUT2D eigenvalue weighted by Crippen LogP contribution is 2.34. The van der Waals surface area contributed by atoms with Gasteiger partial charge in [-0.05, 0) is 62.7 Å². The SMILES string of the molecule is COc1ccc(-n2nc(C(F)(F)F)cc2C(=O)Nc2ccc(-c3ccccc3S(=O)(=O)C(C)(C)C)cc2)c(C(=O)O)c1. The van der Waals surface area contributed by atoms with Gasteiger partial charge in [-0.2, -0.15) is 18.3 Å². The molecule has 1 aromatic heterocycles. The molecule has 0 fully saturated rings. The number of anilines is 1. The minimum Gasteiger partial charge on any atom is -0.497 e. The molecule has 0 saturated heterocycles. The number of carbonyl (C=O) groups is 2. The molecule has 0 unspecified atom stereocenters. The van der Waals surface area contributed by atoms with Crippen molar-refractivity contribution >= 4 is 27.4 Å². The van der Waals surface area contributed by atoms with Crippen molar-refractivity contribution in [3.8, 4) is 22.6 Å². The number of halogens is 3. The molecule has 0 aliphatic rings. The van der Waals surface area contributed by atoms with Gasteiger partial charge in [0.15, 0.2) is 15.5 Å². The van der Waals surface area contributed by atoms with Crippen LogP contribution in [0.4, 0.5) is 18.9 Å². The first-order valence-corrected chi connectivity index (χ1v) is 13.9. The number of amides is 1. The summed E-state index contributed by atoms with van der Waals surface area (Å²) in [6.07, 6.45) is -4.92. The summed E-state index contributed by atoms with van der Waals surface area (Å²) < 4.78 is 71.6. The molecule has 0 spiro atoms. The average Bonchev–Trinajstić information content (AvgIpc) is 3.39. The number of sulfone groups is 1. The second-order valence-electron chi connectivity index (χ2n) is 10.2. The van der Waals surface area contributed by atoms with Crippen LogP contribution in [0.1, 0.15) is 47.3 Å². The van der Waals surface area contributed by atoms with Crippen LogP contribution in [0.15, 0.2) is 77.7 Å². The predicted octanol–water partition coefficient (Wildman–Crippen LogP) is 6.09. The average molecular weight is 602 g/mol. The molecule has 3 aromatic carbocycles. The summed E-state index contributed by atoms with van der Waals surface area (Å²) in [7, 11) is -2.40. The molecule has 13 heteroatoms. The van der Waals surface area contributed by atoms with Crippen LogP contribution in [-0.4, -0.2) is 47.0 Å². The number of rotatable bonds is 7. The second kappa shape index (κ2) is 11.0. The molecular weight excluding hydrogens is 575 g/mol. The molecule has 4 rings (SSSR count). The van der Waals surface area contributed by atoms with E-state index in [9.17, 15) is 36.3 Å². The van der Waals surface area contributed by atoms with Crippen LogP contribution in [0.3, 0.4) is 0 Å². The van der Waals surface area contributed by atoms with E-state index in [0.717, 1.165) is 6.07 Å².